The summed E-state index contributed by atoms with van der Waals surface area (Å²) in [6.45, 7) is 4.19. The lowest BCUT2D eigenvalue weighted by Gasteiger charge is -2.35. The maximum atomic E-state index is 12.6. The summed E-state index contributed by atoms with van der Waals surface area (Å²) in [5, 5.41) is 2.37. The number of nitrogens with two attached hydrogens (primary N) is 1. The van der Waals surface area contributed by atoms with Crippen LogP contribution in [0.5, 0.6) is 0 Å². The standard InChI is InChI=1S/C19H20N6O3S/c1-2-28-18(27)12-11-29-16-14(12)15(22-19(20)23-16)24-7-9-25(10-8-24)17(26)13-5-3-4-6-21-13/h3-6,11H,2,7-10H2,1H3,(H2,20,22,23). The molecule has 0 aromatic carbocycles. The van der Waals surface area contributed by atoms with Gasteiger partial charge in [-0.25, -0.2) is 9.78 Å². The van der Waals surface area contributed by atoms with Crippen LogP contribution in [-0.2, 0) is 4.74 Å². The van der Waals surface area contributed by atoms with E-state index in [1.54, 1.807) is 41.6 Å². The number of nitrogen functional groups attached to an aromatic ring is 1. The molecule has 0 saturated carbocycles. The minimum absolute atomic E-state index is 0.0969. The van der Waals surface area contributed by atoms with Gasteiger partial charge in [0.2, 0.25) is 5.95 Å². The van der Waals surface area contributed by atoms with Crippen molar-refractivity contribution in [3.05, 3.63) is 41.0 Å². The quantitative estimate of drug-likeness (QED) is 0.645. The van der Waals surface area contributed by atoms with E-state index in [1.165, 1.54) is 11.3 Å². The number of ether oxygens (including phenoxy) is 1. The molecule has 0 atom stereocenters. The Kier molecular flexibility index (Phi) is 5.26. The van der Waals surface area contributed by atoms with Gasteiger partial charge in [-0.1, -0.05) is 6.07 Å². The highest BCUT2D eigenvalue weighted by molar-refractivity contribution is 7.17. The molecule has 0 unspecified atom stereocenters. The number of carbonyl (C=O) groups excluding carboxylic acids is 2. The van der Waals surface area contributed by atoms with E-state index in [-0.39, 0.29) is 18.5 Å². The zero-order valence-electron chi connectivity index (χ0n) is 15.9. The second-order valence-corrected chi connectivity index (χ2v) is 7.31. The Labute approximate surface area is 171 Å². The van der Waals surface area contributed by atoms with E-state index in [1.807, 2.05) is 4.90 Å². The Morgan fingerprint density at radius 2 is 2.00 bits per heavy atom. The fourth-order valence-corrected chi connectivity index (χ4v) is 4.21. The van der Waals surface area contributed by atoms with E-state index in [0.29, 0.717) is 53.5 Å². The molecule has 1 fully saturated rings. The van der Waals surface area contributed by atoms with Crippen LogP contribution in [0, 0.1) is 0 Å². The molecule has 1 aliphatic rings. The lowest BCUT2D eigenvalue weighted by molar-refractivity contribution is 0.0529. The highest BCUT2D eigenvalue weighted by atomic mass is 32.1. The minimum Gasteiger partial charge on any atom is -0.462 e. The van der Waals surface area contributed by atoms with Gasteiger partial charge in [0, 0.05) is 37.8 Å². The molecule has 3 aromatic rings. The molecule has 10 heteroatoms. The Hall–Kier alpha value is -3.27. The molecule has 29 heavy (non-hydrogen) atoms. The topological polar surface area (TPSA) is 115 Å². The summed E-state index contributed by atoms with van der Waals surface area (Å²) in [6.07, 6.45) is 1.61. The molecule has 0 bridgehead atoms. The number of thiophene rings is 1. The van der Waals surface area contributed by atoms with Crippen molar-refractivity contribution in [3.63, 3.8) is 0 Å². The SMILES string of the molecule is CCOC(=O)c1csc2nc(N)nc(N3CCN(C(=O)c4ccccn4)CC3)c12. The summed E-state index contributed by atoms with van der Waals surface area (Å²) < 4.78 is 5.17. The number of piperazine rings is 1. The number of hydrogen-bond donors (Lipinski definition) is 1. The number of hydrogen-bond acceptors (Lipinski definition) is 9. The third-order valence-corrected chi connectivity index (χ3v) is 5.55. The van der Waals surface area contributed by atoms with E-state index in [2.05, 4.69) is 15.0 Å². The molecule has 0 aliphatic carbocycles. The van der Waals surface area contributed by atoms with Crippen LogP contribution in [0.25, 0.3) is 10.2 Å². The highest BCUT2D eigenvalue weighted by Gasteiger charge is 2.27. The van der Waals surface area contributed by atoms with Gasteiger partial charge in [0.05, 0.1) is 17.6 Å². The number of rotatable bonds is 4. The monoisotopic (exact) mass is 412 g/mol. The first-order valence-electron chi connectivity index (χ1n) is 9.25. The molecular weight excluding hydrogens is 392 g/mol. The van der Waals surface area contributed by atoms with Gasteiger partial charge in [0.15, 0.2) is 0 Å². The molecule has 2 N–H and O–H groups in total. The number of esters is 1. The highest BCUT2D eigenvalue weighted by Crippen LogP contribution is 2.33. The number of fused-ring (bicyclic) bond motifs is 1. The maximum absolute atomic E-state index is 12.6. The molecule has 0 radical (unpaired) electrons. The van der Waals surface area contributed by atoms with Gasteiger partial charge in [-0.2, -0.15) is 4.98 Å². The second kappa shape index (κ2) is 8.00. The second-order valence-electron chi connectivity index (χ2n) is 6.45. The van der Waals surface area contributed by atoms with Gasteiger partial charge in [0.1, 0.15) is 16.3 Å². The molecule has 1 saturated heterocycles. The van der Waals surface area contributed by atoms with Crippen LogP contribution < -0.4 is 10.6 Å². The van der Waals surface area contributed by atoms with Crippen LogP contribution in [0.15, 0.2) is 29.8 Å². The fraction of sp³-hybridized carbons (Fsp3) is 0.316. The number of nitrogens with zero attached hydrogens (tertiary/aromatic N) is 5. The van der Waals surface area contributed by atoms with E-state index in [0.717, 1.165) is 0 Å². The van der Waals surface area contributed by atoms with Gasteiger partial charge in [-0.05, 0) is 19.1 Å². The van der Waals surface area contributed by atoms with Gasteiger partial charge in [-0.15, -0.1) is 11.3 Å². The number of amides is 1. The van der Waals surface area contributed by atoms with Crippen molar-refractivity contribution in [3.8, 4) is 0 Å². The minimum atomic E-state index is -0.405. The first-order chi connectivity index (χ1) is 14.1. The first kappa shape index (κ1) is 19.1. The van der Waals surface area contributed by atoms with Crippen LogP contribution in [0.4, 0.5) is 11.8 Å². The van der Waals surface area contributed by atoms with Crippen LogP contribution in [0.1, 0.15) is 27.8 Å². The number of carbonyl (C=O) groups is 2. The van der Waals surface area contributed by atoms with E-state index < -0.39 is 5.97 Å². The van der Waals surface area contributed by atoms with Gasteiger partial charge < -0.3 is 20.3 Å². The van der Waals surface area contributed by atoms with Gasteiger partial charge in [0.25, 0.3) is 5.91 Å². The largest absolute Gasteiger partial charge is 0.462 e. The normalized spacial score (nSPS) is 14.2. The summed E-state index contributed by atoms with van der Waals surface area (Å²) in [4.78, 5) is 42.2. The summed E-state index contributed by atoms with van der Waals surface area (Å²) >= 11 is 1.33. The van der Waals surface area contributed by atoms with Crippen molar-refractivity contribution in [1.82, 2.24) is 19.9 Å². The summed E-state index contributed by atoms with van der Waals surface area (Å²) in [5.41, 5.74) is 6.76. The lowest BCUT2D eigenvalue weighted by atomic mass is 10.2. The molecular formula is C19H20N6O3S. The predicted molar refractivity (Wildman–Crippen MR) is 110 cm³/mol. The Morgan fingerprint density at radius 1 is 1.21 bits per heavy atom. The van der Waals surface area contributed by atoms with Crippen molar-refractivity contribution in [1.29, 1.82) is 0 Å². The molecule has 9 nitrogen and oxygen atoms in total. The van der Waals surface area contributed by atoms with Gasteiger partial charge >= 0.3 is 5.97 Å². The summed E-state index contributed by atoms with van der Waals surface area (Å²) in [6, 6.07) is 5.28. The zero-order chi connectivity index (χ0) is 20.4. The molecule has 1 amide bonds. The molecule has 4 heterocycles. The third kappa shape index (κ3) is 3.70. The molecule has 4 rings (SSSR count). The van der Waals surface area contributed by atoms with Crippen LogP contribution in [0.3, 0.4) is 0 Å². The Bertz CT molecular complexity index is 1050. The smallest absolute Gasteiger partial charge is 0.339 e. The third-order valence-electron chi connectivity index (χ3n) is 4.68. The Morgan fingerprint density at radius 3 is 2.69 bits per heavy atom. The van der Waals surface area contributed by atoms with E-state index in [4.69, 9.17) is 10.5 Å². The van der Waals surface area contributed by atoms with E-state index >= 15 is 0 Å². The maximum Gasteiger partial charge on any atom is 0.339 e. The predicted octanol–water partition coefficient (Wildman–Crippen LogP) is 1.81. The zero-order valence-corrected chi connectivity index (χ0v) is 16.7. The van der Waals surface area contributed by atoms with Crippen molar-refractivity contribution >= 4 is 45.2 Å². The molecule has 3 aromatic heterocycles. The fourth-order valence-electron chi connectivity index (χ4n) is 3.30. The Balaban J connectivity index is 1.59. The van der Waals surface area contributed by atoms with Crippen molar-refractivity contribution < 1.29 is 14.3 Å². The van der Waals surface area contributed by atoms with Crippen LogP contribution in [0.2, 0.25) is 0 Å². The first-order valence-corrected chi connectivity index (χ1v) is 10.1. The van der Waals surface area contributed by atoms with E-state index in [9.17, 15) is 9.59 Å². The summed E-state index contributed by atoms with van der Waals surface area (Å²) in [5.74, 6) is 0.246. The van der Waals surface area contributed by atoms with Crippen LogP contribution >= 0.6 is 11.3 Å². The number of aromatic nitrogens is 3. The lowest BCUT2D eigenvalue weighted by Crippen LogP contribution is -2.49. The average Bonchev–Trinajstić information content (AvgIpc) is 3.17. The van der Waals surface area contributed by atoms with Gasteiger partial charge in [-0.3, -0.25) is 9.78 Å². The molecule has 1 aliphatic heterocycles. The molecule has 150 valence electrons. The van der Waals surface area contributed by atoms with Crippen molar-refractivity contribution in [2.24, 2.45) is 0 Å². The number of anilines is 2. The molecule has 0 spiro atoms. The average molecular weight is 412 g/mol. The van der Waals surface area contributed by atoms with Crippen molar-refractivity contribution in [2.45, 2.75) is 6.92 Å². The summed E-state index contributed by atoms with van der Waals surface area (Å²) in [7, 11) is 0. The number of pyridine rings is 1. The van der Waals surface area contributed by atoms with Crippen molar-refractivity contribution in [2.75, 3.05) is 43.4 Å². The van der Waals surface area contributed by atoms with Crippen LogP contribution in [-0.4, -0.2) is 64.5 Å².